The third-order valence-corrected chi connectivity index (χ3v) is 3.15. The van der Waals surface area contributed by atoms with Gasteiger partial charge >= 0.3 is 11.6 Å². The van der Waals surface area contributed by atoms with E-state index >= 15 is 0 Å². The fourth-order valence-electron chi connectivity index (χ4n) is 1.91. The third kappa shape index (κ3) is 2.80. The summed E-state index contributed by atoms with van der Waals surface area (Å²) in [5.74, 6) is -0.399. The van der Waals surface area contributed by atoms with Gasteiger partial charge in [0.25, 0.3) is 0 Å². The molecule has 1 aromatic heterocycles. The number of benzene rings is 2. The standard InChI is InChI=1S/C16H9ClO4/c17-11-7-5-10(6-8-11)16(19)21-14-9-15(18)20-13-4-2-1-3-12(13)14/h1-9H. The van der Waals surface area contributed by atoms with Gasteiger partial charge < -0.3 is 9.15 Å². The van der Waals surface area contributed by atoms with Gasteiger partial charge in [-0.05, 0) is 36.4 Å². The van der Waals surface area contributed by atoms with Crippen molar-refractivity contribution in [2.45, 2.75) is 0 Å². The zero-order valence-corrected chi connectivity index (χ0v) is 11.5. The monoisotopic (exact) mass is 300 g/mol. The predicted octanol–water partition coefficient (Wildman–Crippen LogP) is 3.67. The van der Waals surface area contributed by atoms with Crippen LogP contribution in [0, 0.1) is 0 Å². The molecule has 0 spiro atoms. The lowest BCUT2D eigenvalue weighted by atomic mass is 10.2. The Bertz CT molecular complexity index is 865. The number of fused-ring (bicyclic) bond motifs is 1. The van der Waals surface area contributed by atoms with E-state index in [4.69, 9.17) is 20.8 Å². The Kier molecular flexibility index (Phi) is 3.46. The highest BCUT2D eigenvalue weighted by Gasteiger charge is 2.12. The van der Waals surface area contributed by atoms with Crippen molar-refractivity contribution >= 4 is 28.5 Å². The van der Waals surface area contributed by atoms with E-state index in [1.54, 1.807) is 48.5 Å². The molecular weight excluding hydrogens is 292 g/mol. The highest BCUT2D eigenvalue weighted by molar-refractivity contribution is 6.30. The minimum atomic E-state index is -0.576. The van der Waals surface area contributed by atoms with Crippen LogP contribution in [-0.4, -0.2) is 5.97 Å². The van der Waals surface area contributed by atoms with Gasteiger partial charge in [-0.25, -0.2) is 9.59 Å². The Hall–Kier alpha value is -2.59. The van der Waals surface area contributed by atoms with Crippen molar-refractivity contribution in [2.75, 3.05) is 0 Å². The van der Waals surface area contributed by atoms with Crippen LogP contribution in [0.2, 0.25) is 5.02 Å². The maximum absolute atomic E-state index is 12.1. The number of carbonyl (C=O) groups is 1. The van der Waals surface area contributed by atoms with E-state index in [0.29, 0.717) is 21.6 Å². The molecule has 0 N–H and O–H groups in total. The maximum Gasteiger partial charge on any atom is 0.343 e. The molecule has 0 saturated carbocycles. The van der Waals surface area contributed by atoms with Crippen molar-refractivity contribution < 1.29 is 13.9 Å². The van der Waals surface area contributed by atoms with Gasteiger partial charge in [0.1, 0.15) is 11.3 Å². The normalized spacial score (nSPS) is 10.5. The van der Waals surface area contributed by atoms with Crippen LogP contribution in [0.25, 0.3) is 11.0 Å². The number of halogens is 1. The first kappa shape index (κ1) is 13.4. The first-order valence-corrected chi connectivity index (χ1v) is 6.52. The molecule has 0 radical (unpaired) electrons. The largest absolute Gasteiger partial charge is 0.422 e. The quantitative estimate of drug-likeness (QED) is 0.535. The molecule has 1 heterocycles. The van der Waals surface area contributed by atoms with E-state index in [-0.39, 0.29) is 5.75 Å². The predicted molar refractivity (Wildman–Crippen MR) is 78.9 cm³/mol. The summed E-state index contributed by atoms with van der Waals surface area (Å²) in [4.78, 5) is 23.6. The summed E-state index contributed by atoms with van der Waals surface area (Å²) in [6.45, 7) is 0. The van der Waals surface area contributed by atoms with Gasteiger partial charge in [-0.3, -0.25) is 0 Å². The Morgan fingerprint density at radius 1 is 1.05 bits per heavy atom. The second-order valence-corrected chi connectivity index (χ2v) is 4.76. The first-order valence-electron chi connectivity index (χ1n) is 6.14. The molecule has 0 amide bonds. The van der Waals surface area contributed by atoms with E-state index in [1.807, 2.05) is 0 Å². The lowest BCUT2D eigenvalue weighted by Crippen LogP contribution is -2.10. The average Bonchev–Trinajstić information content (AvgIpc) is 2.47. The second-order valence-electron chi connectivity index (χ2n) is 4.32. The van der Waals surface area contributed by atoms with Crippen LogP contribution in [0.4, 0.5) is 0 Å². The highest BCUT2D eigenvalue weighted by Crippen LogP contribution is 2.24. The Morgan fingerprint density at radius 3 is 2.52 bits per heavy atom. The summed E-state index contributed by atoms with van der Waals surface area (Å²) in [5, 5.41) is 1.08. The fourth-order valence-corrected chi connectivity index (χ4v) is 2.04. The topological polar surface area (TPSA) is 56.5 Å². The number of rotatable bonds is 2. The van der Waals surface area contributed by atoms with E-state index < -0.39 is 11.6 Å². The third-order valence-electron chi connectivity index (χ3n) is 2.89. The molecule has 2 aromatic carbocycles. The smallest absolute Gasteiger partial charge is 0.343 e. The molecule has 0 bridgehead atoms. The maximum atomic E-state index is 12.1. The molecule has 0 aliphatic rings. The molecule has 5 heteroatoms. The van der Waals surface area contributed by atoms with Gasteiger partial charge in [0, 0.05) is 5.02 Å². The molecule has 3 rings (SSSR count). The molecule has 3 aromatic rings. The highest BCUT2D eigenvalue weighted by atomic mass is 35.5. The van der Waals surface area contributed by atoms with E-state index in [2.05, 4.69) is 0 Å². The molecule has 0 aliphatic carbocycles. The second kappa shape index (κ2) is 5.42. The lowest BCUT2D eigenvalue weighted by molar-refractivity contribution is 0.0736. The molecule has 0 fully saturated rings. The summed E-state index contributed by atoms with van der Waals surface area (Å²) in [6.07, 6.45) is 0. The van der Waals surface area contributed by atoms with Crippen LogP contribution in [0.15, 0.2) is 63.8 Å². The molecule has 4 nitrogen and oxygen atoms in total. The zero-order chi connectivity index (χ0) is 14.8. The van der Waals surface area contributed by atoms with Gasteiger partial charge in [0.15, 0.2) is 0 Å². The molecular formula is C16H9ClO4. The number of carbonyl (C=O) groups excluding carboxylic acids is 1. The van der Waals surface area contributed by atoms with Crippen LogP contribution in [-0.2, 0) is 0 Å². The van der Waals surface area contributed by atoms with Crippen molar-refractivity contribution in [2.24, 2.45) is 0 Å². The summed E-state index contributed by atoms with van der Waals surface area (Å²) >= 11 is 5.77. The lowest BCUT2D eigenvalue weighted by Gasteiger charge is -2.06. The number of ether oxygens (including phenoxy) is 1. The van der Waals surface area contributed by atoms with Crippen molar-refractivity contribution in [3.8, 4) is 5.75 Å². The molecule has 21 heavy (non-hydrogen) atoms. The molecule has 0 unspecified atom stereocenters. The summed E-state index contributed by atoms with van der Waals surface area (Å²) in [5.41, 5.74) is 0.133. The van der Waals surface area contributed by atoms with E-state index in [0.717, 1.165) is 6.07 Å². The Morgan fingerprint density at radius 2 is 1.76 bits per heavy atom. The number of esters is 1. The summed E-state index contributed by atoms with van der Waals surface area (Å²) in [7, 11) is 0. The van der Waals surface area contributed by atoms with E-state index in [9.17, 15) is 9.59 Å². The summed E-state index contributed by atoms with van der Waals surface area (Å²) < 4.78 is 10.3. The van der Waals surface area contributed by atoms with Crippen LogP contribution in [0.1, 0.15) is 10.4 Å². The fraction of sp³-hybridized carbons (Fsp3) is 0. The van der Waals surface area contributed by atoms with Gasteiger partial charge in [-0.15, -0.1) is 0 Å². The van der Waals surface area contributed by atoms with Crippen LogP contribution < -0.4 is 10.4 Å². The zero-order valence-electron chi connectivity index (χ0n) is 10.7. The van der Waals surface area contributed by atoms with E-state index in [1.165, 1.54) is 0 Å². The molecule has 0 atom stereocenters. The van der Waals surface area contributed by atoms with Crippen LogP contribution in [0.3, 0.4) is 0 Å². The molecule has 0 aliphatic heterocycles. The van der Waals surface area contributed by atoms with Crippen molar-refractivity contribution in [3.05, 3.63) is 75.6 Å². The average molecular weight is 301 g/mol. The minimum absolute atomic E-state index is 0.168. The Balaban J connectivity index is 2.00. The van der Waals surface area contributed by atoms with Gasteiger partial charge in [-0.1, -0.05) is 23.7 Å². The molecule has 104 valence electrons. The summed E-state index contributed by atoms with van der Waals surface area (Å²) in [6, 6.07) is 14.3. The number of hydrogen-bond acceptors (Lipinski definition) is 4. The van der Waals surface area contributed by atoms with Crippen molar-refractivity contribution in [1.82, 2.24) is 0 Å². The number of hydrogen-bond donors (Lipinski definition) is 0. The van der Waals surface area contributed by atoms with Gasteiger partial charge in [0.2, 0.25) is 0 Å². The first-order chi connectivity index (χ1) is 10.1. The van der Waals surface area contributed by atoms with Crippen molar-refractivity contribution in [1.29, 1.82) is 0 Å². The molecule has 0 saturated heterocycles. The van der Waals surface area contributed by atoms with Crippen LogP contribution >= 0.6 is 11.6 Å². The minimum Gasteiger partial charge on any atom is -0.422 e. The SMILES string of the molecule is O=C(Oc1cc(=O)oc2ccccc12)c1ccc(Cl)cc1. The van der Waals surface area contributed by atoms with Gasteiger partial charge in [0.05, 0.1) is 17.0 Å². The van der Waals surface area contributed by atoms with Crippen molar-refractivity contribution in [3.63, 3.8) is 0 Å². The Labute approximate surface area is 124 Å². The number of para-hydroxylation sites is 1. The van der Waals surface area contributed by atoms with Gasteiger partial charge in [-0.2, -0.15) is 0 Å². The van der Waals surface area contributed by atoms with Crippen LogP contribution in [0.5, 0.6) is 5.75 Å².